The topological polar surface area (TPSA) is 318 Å². The van der Waals surface area contributed by atoms with E-state index in [-0.39, 0.29) is 34.5 Å². The van der Waals surface area contributed by atoms with Gasteiger partial charge in [-0.25, -0.2) is 0 Å². The Hall–Kier alpha value is -1.02. The van der Waals surface area contributed by atoms with E-state index in [1.165, 1.54) is 0 Å². The first kappa shape index (κ1) is 53.8. The second-order valence-electron chi connectivity index (χ2n) is 23.1. The van der Waals surface area contributed by atoms with Crippen LogP contribution in [-0.4, -0.2) is 202 Å². The van der Waals surface area contributed by atoms with Gasteiger partial charge in [0.15, 0.2) is 18.9 Å². The largest absolute Gasteiger partial charge is 0.394 e. The Labute approximate surface area is 393 Å². The minimum Gasteiger partial charge on any atom is -0.394 e. The zero-order valence-electron chi connectivity index (χ0n) is 40.3. The van der Waals surface area contributed by atoms with E-state index in [1.807, 2.05) is 0 Å². The summed E-state index contributed by atoms with van der Waals surface area (Å²) in [5.74, 6) is 0.560. The number of aliphatic hydroxyl groups is 13. The molecule has 19 heteroatoms. The van der Waals surface area contributed by atoms with Crippen molar-refractivity contribution < 1.29 is 94.8 Å². The Morgan fingerprint density at radius 3 is 1.79 bits per heavy atom. The molecule has 25 atom stereocenters. The van der Waals surface area contributed by atoms with Crippen molar-refractivity contribution in [2.75, 3.05) is 19.8 Å². The van der Waals surface area contributed by atoms with Crippen LogP contribution in [0.15, 0.2) is 11.6 Å². The minimum absolute atomic E-state index is 0.0188. The van der Waals surface area contributed by atoms with Gasteiger partial charge in [-0.2, -0.15) is 0 Å². The van der Waals surface area contributed by atoms with Gasteiger partial charge >= 0.3 is 0 Å². The van der Waals surface area contributed by atoms with Crippen LogP contribution >= 0.6 is 0 Å². The summed E-state index contributed by atoms with van der Waals surface area (Å²) in [4.78, 5) is 0. The van der Waals surface area contributed by atoms with Gasteiger partial charge < -0.3 is 94.8 Å². The van der Waals surface area contributed by atoms with Gasteiger partial charge in [0.2, 0.25) is 0 Å². The highest BCUT2D eigenvalue weighted by atomic mass is 16.7. The van der Waals surface area contributed by atoms with Gasteiger partial charge in [0, 0.05) is 10.8 Å². The van der Waals surface area contributed by atoms with Gasteiger partial charge in [0.1, 0.15) is 73.2 Å². The highest BCUT2D eigenvalue weighted by molar-refractivity contribution is 5.32. The summed E-state index contributed by atoms with van der Waals surface area (Å²) in [6.45, 7) is 14.8. The lowest BCUT2D eigenvalue weighted by Gasteiger charge is -2.67. The van der Waals surface area contributed by atoms with E-state index in [0.717, 1.165) is 24.8 Å². The fourth-order valence-electron chi connectivity index (χ4n) is 14.2. The first-order valence-electron chi connectivity index (χ1n) is 24.5. The molecule has 19 nitrogen and oxygen atoms in total. The zero-order chi connectivity index (χ0) is 49.5. The molecule has 7 aliphatic rings. The Balaban J connectivity index is 1.02. The van der Waals surface area contributed by atoms with E-state index in [1.54, 1.807) is 13.8 Å². The second-order valence-corrected chi connectivity index (χ2v) is 23.1. The van der Waals surface area contributed by atoms with Gasteiger partial charge in [-0.3, -0.25) is 0 Å². The number of allylic oxidation sites excluding steroid dienone is 1. The SMILES string of the molecule is CC(CCC(OC1OC(CO)C(O)C(O)C1O)C(C)(C)O)C1CCC2(C)C3CC=C4C(CCC(OC5OC(COC6OC(CO)C(O)C(O)C6O)C(O)C(O)C5O)C4(C)C)C3(C)C(O)CC12C. The summed E-state index contributed by atoms with van der Waals surface area (Å²) in [7, 11) is 0. The third kappa shape index (κ3) is 9.24. The third-order valence-corrected chi connectivity index (χ3v) is 18.7. The molecule has 3 aliphatic heterocycles. The standard InChI is InChI=1S/C48H82O19/c1-21(9-13-31(45(4,5)61)67-42-39(59)36(56)33(53)26(19-50)64-42)22-15-16-46(6)28-12-10-23-24(48(28,8)29(51)17-47(22,46)7)11-14-30(44(23,2)3)66-43-40(60)37(57)34(54)27(65-43)20-62-41-38(58)35(55)32(52)25(18-49)63-41/h10,21-22,24-43,49-61H,9,11-20H2,1-8H3. The zero-order valence-corrected chi connectivity index (χ0v) is 40.3. The smallest absolute Gasteiger partial charge is 0.187 e. The molecule has 0 aromatic carbocycles. The van der Waals surface area contributed by atoms with Gasteiger partial charge in [0.05, 0.1) is 43.7 Å². The average Bonchev–Trinajstić information content (AvgIpc) is 3.54. The molecule has 0 aromatic heterocycles. The molecule has 25 unspecified atom stereocenters. The molecule has 0 radical (unpaired) electrons. The predicted octanol–water partition coefficient (Wildman–Crippen LogP) is -1.06. The van der Waals surface area contributed by atoms with Gasteiger partial charge in [-0.1, -0.05) is 53.2 Å². The van der Waals surface area contributed by atoms with Crippen LogP contribution < -0.4 is 0 Å². The maximum atomic E-state index is 12.6. The predicted molar refractivity (Wildman–Crippen MR) is 235 cm³/mol. The molecule has 388 valence electrons. The summed E-state index contributed by atoms with van der Waals surface area (Å²) in [5.41, 5.74) is -1.65. The van der Waals surface area contributed by atoms with E-state index in [4.69, 9.17) is 28.4 Å². The highest BCUT2D eigenvalue weighted by Gasteiger charge is 2.70. The quantitative estimate of drug-likeness (QED) is 0.0924. The summed E-state index contributed by atoms with van der Waals surface area (Å²) in [6, 6.07) is 0. The lowest BCUT2D eigenvalue weighted by molar-refractivity contribution is -0.340. The Kier molecular flexibility index (Phi) is 15.9. The molecule has 7 rings (SSSR count). The number of hydrogen-bond donors (Lipinski definition) is 13. The summed E-state index contributed by atoms with van der Waals surface area (Å²) in [6.07, 6.45) is -16.6. The highest BCUT2D eigenvalue weighted by Crippen LogP contribution is 2.75. The van der Waals surface area contributed by atoms with E-state index < -0.39 is 147 Å². The lowest BCUT2D eigenvalue weighted by atomic mass is 9.38. The molecule has 3 saturated heterocycles. The van der Waals surface area contributed by atoms with E-state index >= 15 is 0 Å². The molecule has 13 N–H and O–H groups in total. The van der Waals surface area contributed by atoms with E-state index in [2.05, 4.69) is 47.6 Å². The van der Waals surface area contributed by atoms with E-state index in [9.17, 15) is 66.4 Å². The molecule has 3 heterocycles. The molecule has 6 fully saturated rings. The summed E-state index contributed by atoms with van der Waals surface area (Å²) >= 11 is 0. The molecule has 4 aliphatic carbocycles. The molecule has 3 saturated carbocycles. The van der Waals surface area contributed by atoms with Crippen molar-refractivity contribution in [3.8, 4) is 0 Å². The van der Waals surface area contributed by atoms with Gasteiger partial charge in [-0.05, 0) is 99.7 Å². The molecular formula is C48H82O19. The van der Waals surface area contributed by atoms with Crippen molar-refractivity contribution in [1.82, 2.24) is 0 Å². The van der Waals surface area contributed by atoms with Crippen molar-refractivity contribution in [1.29, 1.82) is 0 Å². The summed E-state index contributed by atoms with van der Waals surface area (Å²) < 4.78 is 35.4. The van der Waals surface area contributed by atoms with Crippen LogP contribution in [0, 0.1) is 45.3 Å². The number of rotatable bonds is 14. The molecule has 0 bridgehead atoms. The second kappa shape index (κ2) is 19.8. The van der Waals surface area contributed by atoms with Gasteiger partial charge in [-0.15, -0.1) is 0 Å². The number of fused-ring (bicyclic) bond motifs is 5. The van der Waals surface area contributed by atoms with Crippen molar-refractivity contribution in [3.05, 3.63) is 11.6 Å². The maximum absolute atomic E-state index is 12.6. The molecule has 0 amide bonds. The maximum Gasteiger partial charge on any atom is 0.187 e. The normalized spacial score (nSPS) is 51.0. The average molecular weight is 963 g/mol. The lowest BCUT2D eigenvalue weighted by Crippen LogP contribution is -2.65. The minimum atomic E-state index is -1.69. The third-order valence-electron chi connectivity index (χ3n) is 18.7. The fraction of sp³-hybridized carbons (Fsp3) is 0.958. The van der Waals surface area contributed by atoms with Crippen LogP contribution in [0.2, 0.25) is 0 Å². The van der Waals surface area contributed by atoms with E-state index in [0.29, 0.717) is 32.1 Å². The first-order chi connectivity index (χ1) is 31.2. The molecule has 67 heavy (non-hydrogen) atoms. The Morgan fingerprint density at radius 2 is 1.21 bits per heavy atom. The Morgan fingerprint density at radius 1 is 0.672 bits per heavy atom. The van der Waals surface area contributed by atoms with Crippen molar-refractivity contribution >= 4 is 0 Å². The fourth-order valence-corrected chi connectivity index (χ4v) is 14.2. The number of ether oxygens (including phenoxy) is 6. The van der Waals surface area contributed by atoms with Crippen LogP contribution in [0.4, 0.5) is 0 Å². The van der Waals surface area contributed by atoms with Crippen LogP contribution in [0.1, 0.15) is 107 Å². The van der Waals surface area contributed by atoms with Crippen LogP contribution in [0.5, 0.6) is 0 Å². The molecular weight excluding hydrogens is 881 g/mol. The Bertz CT molecular complexity index is 1710. The van der Waals surface area contributed by atoms with Crippen LogP contribution in [0.3, 0.4) is 0 Å². The molecule has 0 spiro atoms. The van der Waals surface area contributed by atoms with Crippen LogP contribution in [-0.2, 0) is 28.4 Å². The molecule has 0 aromatic rings. The van der Waals surface area contributed by atoms with Crippen molar-refractivity contribution in [2.24, 2.45) is 45.3 Å². The van der Waals surface area contributed by atoms with Crippen molar-refractivity contribution in [2.45, 2.75) is 223 Å². The van der Waals surface area contributed by atoms with Gasteiger partial charge in [0.25, 0.3) is 0 Å². The monoisotopic (exact) mass is 963 g/mol. The summed E-state index contributed by atoms with van der Waals surface area (Å²) in [5, 5.41) is 138. The first-order valence-corrected chi connectivity index (χ1v) is 24.5. The van der Waals surface area contributed by atoms with Crippen LogP contribution in [0.25, 0.3) is 0 Å². The van der Waals surface area contributed by atoms with Crippen molar-refractivity contribution in [3.63, 3.8) is 0 Å². The number of aliphatic hydroxyl groups excluding tert-OH is 12. The number of hydrogen-bond acceptors (Lipinski definition) is 19.